The number of carbonyl (C=O) groups is 8. The summed E-state index contributed by atoms with van der Waals surface area (Å²) in [5.41, 5.74) is 0.762. The smallest absolute Gasteiger partial charge is 0.326 e. The predicted octanol–water partition coefficient (Wildman–Crippen LogP) is 5.27. The maximum absolute atomic E-state index is 14.5. The van der Waals surface area contributed by atoms with E-state index in [0.29, 0.717) is 45.1 Å². The van der Waals surface area contributed by atoms with Gasteiger partial charge in [-0.1, -0.05) is 91.6 Å². The predicted molar refractivity (Wildman–Crippen MR) is 265 cm³/mol. The van der Waals surface area contributed by atoms with Crippen molar-refractivity contribution in [2.24, 2.45) is 23.7 Å². The van der Waals surface area contributed by atoms with Gasteiger partial charge in [0, 0.05) is 52.3 Å². The first kappa shape index (κ1) is 56.6. The van der Waals surface area contributed by atoms with Crippen LogP contribution >= 0.6 is 45.7 Å². The minimum absolute atomic E-state index is 0.0876. The van der Waals surface area contributed by atoms with Gasteiger partial charge in [-0.3, -0.25) is 44.7 Å². The Hall–Kier alpha value is -3.70. The first-order chi connectivity index (χ1) is 31.2. The topological polar surface area (TPSA) is 212 Å². The van der Waals surface area contributed by atoms with Gasteiger partial charge in [-0.25, -0.2) is 4.79 Å². The summed E-state index contributed by atoms with van der Waals surface area (Å²) in [6.07, 6.45) is 4.67. The molecule has 3 rings (SSSR count). The molecular weight excluding hydrogens is 1080 g/mol. The second kappa shape index (κ2) is 27.3. The molecule has 19 heteroatoms. The van der Waals surface area contributed by atoms with E-state index in [1.165, 1.54) is 37.5 Å². The SMILES string of the molecule is CC[C@H](C)C(C(CC(=O)N1CCC[C@H]1C(OC)[C@@H](C)C(=O)N[C@@H](Cc1ccccc1)C(=O)O)OC)N(I)C(=O)[C@@H](NC(=O)C(C(C)C)N(I)C(=O)CCCCCN1C(=O)C=CC1=O)C(C)C. The number of carboxylic acid groups (broad SMARTS) is 1. The molecule has 1 aromatic carbocycles. The van der Waals surface area contributed by atoms with Crippen LogP contribution in [-0.2, 0) is 54.3 Å². The molecule has 9 atom stereocenters. The van der Waals surface area contributed by atoms with Crippen LogP contribution in [0.25, 0.3) is 0 Å². The standard InChI is InChI=1S/C47H70I2N6O11/c1-10-30(6)42(35(65-8)27-39(59)52-25-17-20-34(52)43(66-9)31(7)44(60)50-33(47(63)64)26-32-18-13-11-14-19-32)55(49)46(62)40(28(2)3)51-45(61)41(29(4)5)54(48)38(58)21-15-12-16-24-53-36(56)22-23-37(53)57/h11,13-14,18-19,22-23,28-31,33-35,40-43H,10,12,15-17,20-21,24-27H2,1-9H3,(H,50,60)(H,51,61)(H,63,64)/t30-,31+,33-,34-,35?,40-,41?,42?,43?/m0/s1. The van der Waals surface area contributed by atoms with E-state index in [0.717, 1.165) is 5.56 Å². The Morgan fingerprint density at radius 2 is 1.48 bits per heavy atom. The number of hydrogen-bond donors (Lipinski definition) is 3. The van der Waals surface area contributed by atoms with Gasteiger partial charge in [0.1, 0.15) is 18.1 Å². The number of likely N-dealkylation sites (tertiary alicyclic amines) is 1. The van der Waals surface area contributed by atoms with Crippen molar-refractivity contribution in [3.63, 3.8) is 0 Å². The van der Waals surface area contributed by atoms with Crippen molar-refractivity contribution in [1.82, 2.24) is 26.7 Å². The van der Waals surface area contributed by atoms with Gasteiger partial charge in [-0.2, -0.15) is 0 Å². The Morgan fingerprint density at radius 1 is 0.848 bits per heavy atom. The lowest BCUT2D eigenvalue weighted by molar-refractivity contribution is -0.146. The molecule has 2 aliphatic rings. The zero-order valence-electron chi connectivity index (χ0n) is 39.7. The van der Waals surface area contributed by atoms with Crippen molar-refractivity contribution in [2.45, 2.75) is 149 Å². The quantitative estimate of drug-likeness (QED) is 0.0447. The van der Waals surface area contributed by atoms with Crippen LogP contribution < -0.4 is 10.6 Å². The number of carboxylic acids is 1. The zero-order valence-corrected chi connectivity index (χ0v) is 44.1. The molecule has 66 heavy (non-hydrogen) atoms. The van der Waals surface area contributed by atoms with Crippen LogP contribution in [0.1, 0.15) is 105 Å². The number of halogens is 2. The summed E-state index contributed by atoms with van der Waals surface area (Å²) in [6.45, 7) is 13.6. The molecule has 0 bridgehead atoms. The number of ether oxygens (including phenoxy) is 2. The highest BCUT2D eigenvalue weighted by atomic mass is 127. The number of amides is 7. The number of aliphatic carboxylic acids is 1. The number of nitrogens with zero attached hydrogens (tertiary/aromatic N) is 4. The molecule has 17 nitrogen and oxygen atoms in total. The van der Waals surface area contributed by atoms with Crippen molar-refractivity contribution in [3.8, 4) is 0 Å². The highest BCUT2D eigenvalue weighted by Crippen LogP contribution is 2.31. The summed E-state index contributed by atoms with van der Waals surface area (Å²) in [6, 6.07) is 4.92. The fourth-order valence-corrected chi connectivity index (χ4v) is 10.9. The molecule has 0 spiro atoms. The minimum Gasteiger partial charge on any atom is -0.480 e. The maximum atomic E-state index is 14.5. The number of methoxy groups -OCH3 is 2. The second-order valence-corrected chi connectivity index (χ2v) is 20.1. The van der Waals surface area contributed by atoms with Crippen molar-refractivity contribution < 1.29 is 52.9 Å². The molecule has 1 saturated heterocycles. The third-order valence-corrected chi connectivity index (χ3v) is 14.9. The third-order valence-electron chi connectivity index (χ3n) is 12.6. The van der Waals surface area contributed by atoms with E-state index in [4.69, 9.17) is 9.47 Å². The summed E-state index contributed by atoms with van der Waals surface area (Å²) < 4.78 is 14.8. The number of unbranched alkanes of at least 4 members (excludes halogenated alkanes) is 2. The summed E-state index contributed by atoms with van der Waals surface area (Å²) in [5.74, 6) is -5.32. The zero-order chi connectivity index (χ0) is 49.4. The molecule has 2 heterocycles. The first-order valence-electron chi connectivity index (χ1n) is 22.9. The lowest BCUT2D eigenvalue weighted by Crippen LogP contribution is -2.58. The first-order valence-corrected chi connectivity index (χ1v) is 24.9. The number of rotatable bonds is 27. The molecule has 0 aromatic heterocycles. The Balaban J connectivity index is 1.71. The molecule has 368 valence electrons. The summed E-state index contributed by atoms with van der Waals surface area (Å²) >= 11 is 3.82. The van der Waals surface area contributed by atoms with E-state index >= 15 is 0 Å². The van der Waals surface area contributed by atoms with E-state index in [9.17, 15) is 43.5 Å². The van der Waals surface area contributed by atoms with E-state index < -0.39 is 66.1 Å². The van der Waals surface area contributed by atoms with Gasteiger partial charge in [0.15, 0.2) is 0 Å². The highest BCUT2D eigenvalue weighted by molar-refractivity contribution is 14.1. The Labute approximate surface area is 417 Å². The van der Waals surface area contributed by atoms with Crippen molar-refractivity contribution in [2.75, 3.05) is 27.3 Å². The fraction of sp³-hybridized carbons (Fsp3) is 0.660. The average molecular weight is 1150 g/mol. The van der Waals surface area contributed by atoms with Crippen LogP contribution in [0.3, 0.4) is 0 Å². The number of benzene rings is 1. The van der Waals surface area contributed by atoms with Crippen LogP contribution in [0.15, 0.2) is 42.5 Å². The number of nitrogens with one attached hydrogen (secondary N) is 2. The largest absolute Gasteiger partial charge is 0.480 e. The van der Waals surface area contributed by atoms with Crippen molar-refractivity contribution >= 4 is 93.0 Å². The van der Waals surface area contributed by atoms with Crippen LogP contribution in [0.4, 0.5) is 0 Å². The van der Waals surface area contributed by atoms with E-state index in [2.05, 4.69) is 10.6 Å². The second-order valence-electron chi connectivity index (χ2n) is 18.0. The molecule has 1 fully saturated rings. The maximum Gasteiger partial charge on any atom is 0.326 e. The Morgan fingerprint density at radius 3 is 2.03 bits per heavy atom. The van der Waals surface area contributed by atoms with Crippen LogP contribution in [-0.4, -0.2) is 138 Å². The molecule has 1 aromatic rings. The van der Waals surface area contributed by atoms with E-state index in [1.54, 1.807) is 36.1 Å². The lowest BCUT2D eigenvalue weighted by Gasteiger charge is -2.40. The normalized spacial score (nSPS) is 18.7. The van der Waals surface area contributed by atoms with Gasteiger partial charge < -0.3 is 30.1 Å². The molecule has 0 aliphatic carbocycles. The summed E-state index contributed by atoms with van der Waals surface area (Å²) in [4.78, 5) is 109. The summed E-state index contributed by atoms with van der Waals surface area (Å²) in [5, 5.41) is 15.6. The third kappa shape index (κ3) is 15.4. The molecule has 7 amide bonds. The molecule has 0 saturated carbocycles. The number of imide groups is 1. The van der Waals surface area contributed by atoms with Gasteiger partial charge in [0.2, 0.25) is 23.6 Å². The Kier molecular flexibility index (Phi) is 23.5. The van der Waals surface area contributed by atoms with E-state index in [-0.39, 0.29) is 73.1 Å². The van der Waals surface area contributed by atoms with Crippen molar-refractivity contribution in [1.29, 1.82) is 0 Å². The molecule has 2 aliphatic heterocycles. The van der Waals surface area contributed by atoms with Crippen LogP contribution in [0.5, 0.6) is 0 Å². The average Bonchev–Trinajstić information content (AvgIpc) is 3.89. The van der Waals surface area contributed by atoms with Gasteiger partial charge in [-0.15, -0.1) is 0 Å². The van der Waals surface area contributed by atoms with Crippen LogP contribution in [0.2, 0.25) is 0 Å². The fourth-order valence-electron chi connectivity index (χ4n) is 8.59. The molecule has 0 radical (unpaired) electrons. The number of carbonyl (C=O) groups excluding carboxylic acids is 7. The lowest BCUT2D eigenvalue weighted by atomic mass is 9.90. The highest BCUT2D eigenvalue weighted by Gasteiger charge is 2.44. The van der Waals surface area contributed by atoms with Gasteiger partial charge in [0.05, 0.1) is 82.4 Å². The van der Waals surface area contributed by atoms with Crippen LogP contribution in [0, 0.1) is 23.7 Å². The minimum atomic E-state index is -1.16. The monoisotopic (exact) mass is 1150 g/mol. The molecular formula is C47H70I2N6O11. The van der Waals surface area contributed by atoms with Gasteiger partial charge in [-0.05, 0) is 49.0 Å². The summed E-state index contributed by atoms with van der Waals surface area (Å²) in [7, 11) is 2.97. The molecule has 3 N–H and O–H groups in total. The van der Waals surface area contributed by atoms with Gasteiger partial charge >= 0.3 is 5.97 Å². The van der Waals surface area contributed by atoms with Gasteiger partial charge in [0.25, 0.3) is 17.7 Å². The van der Waals surface area contributed by atoms with E-state index in [1.807, 2.05) is 93.3 Å². The Bertz CT molecular complexity index is 1850. The molecule has 4 unspecified atom stereocenters. The van der Waals surface area contributed by atoms with Crippen molar-refractivity contribution in [3.05, 3.63) is 48.0 Å². The number of hydrogen-bond acceptors (Lipinski definition) is 10.